The van der Waals surface area contributed by atoms with Gasteiger partial charge >= 0.3 is 0 Å². The number of aromatic nitrogens is 2. The monoisotopic (exact) mass is 294 g/mol. The Kier molecular flexibility index (Phi) is 4.51. The summed E-state index contributed by atoms with van der Waals surface area (Å²) in [5, 5.41) is 0. The first-order valence-electron chi connectivity index (χ1n) is 7.15. The summed E-state index contributed by atoms with van der Waals surface area (Å²) < 4.78 is 10.8. The van der Waals surface area contributed by atoms with Crippen molar-refractivity contribution in [1.82, 2.24) is 9.97 Å². The van der Waals surface area contributed by atoms with Crippen molar-refractivity contribution < 1.29 is 9.47 Å². The zero-order valence-corrected chi connectivity index (χ0v) is 12.5. The molecule has 112 valence electrons. The molecule has 0 fully saturated rings. The Morgan fingerprint density at radius 3 is 2.45 bits per heavy atom. The number of aromatic amines is 1. The summed E-state index contributed by atoms with van der Waals surface area (Å²) >= 11 is 0. The van der Waals surface area contributed by atoms with Crippen LogP contribution in [0.1, 0.15) is 11.3 Å². The Hall–Kier alpha value is -2.59. The fourth-order valence-electron chi connectivity index (χ4n) is 2.18. The molecule has 0 saturated carbocycles. The smallest absolute Gasteiger partial charge is 0.137 e. The Bertz CT molecular complexity index is 705. The van der Waals surface area contributed by atoms with E-state index in [9.17, 15) is 0 Å². The number of hydrogen-bond donors (Lipinski definition) is 1. The highest BCUT2D eigenvalue weighted by atomic mass is 16.5. The topological polar surface area (TPSA) is 47.1 Å². The minimum Gasteiger partial charge on any atom is -0.489 e. The van der Waals surface area contributed by atoms with Crippen LogP contribution in [-0.4, -0.2) is 17.1 Å². The zero-order chi connectivity index (χ0) is 15.2. The van der Waals surface area contributed by atoms with Crippen LogP contribution in [0.3, 0.4) is 0 Å². The van der Waals surface area contributed by atoms with Crippen molar-refractivity contribution in [2.75, 3.05) is 7.11 Å². The van der Waals surface area contributed by atoms with Crippen molar-refractivity contribution in [2.24, 2.45) is 0 Å². The first kappa shape index (κ1) is 14.4. The number of rotatable bonds is 6. The van der Waals surface area contributed by atoms with E-state index in [2.05, 4.69) is 22.1 Å². The van der Waals surface area contributed by atoms with Crippen LogP contribution in [0.5, 0.6) is 5.75 Å². The lowest BCUT2D eigenvalue weighted by atomic mass is 10.2. The quantitative estimate of drug-likeness (QED) is 0.752. The SMILES string of the molecule is COCc1c[nH]c(-c2ccc(OCc3ccccc3)cc2)n1. The molecule has 3 aromatic rings. The van der Waals surface area contributed by atoms with E-state index >= 15 is 0 Å². The molecule has 2 aromatic carbocycles. The zero-order valence-electron chi connectivity index (χ0n) is 12.5. The standard InChI is InChI=1S/C18H18N2O2/c1-21-13-16-11-19-18(20-16)15-7-9-17(10-8-15)22-12-14-5-3-2-4-6-14/h2-11H,12-13H2,1H3,(H,19,20). The molecule has 22 heavy (non-hydrogen) atoms. The molecule has 3 rings (SSSR count). The fraction of sp³-hybridized carbons (Fsp3) is 0.167. The molecule has 0 aliphatic rings. The molecule has 1 N–H and O–H groups in total. The van der Waals surface area contributed by atoms with Gasteiger partial charge in [-0.05, 0) is 29.8 Å². The minimum absolute atomic E-state index is 0.509. The first-order chi connectivity index (χ1) is 10.8. The fourth-order valence-corrected chi connectivity index (χ4v) is 2.18. The number of H-pyrrole nitrogens is 1. The van der Waals surface area contributed by atoms with Gasteiger partial charge in [0.25, 0.3) is 0 Å². The normalized spacial score (nSPS) is 10.6. The second-order valence-electron chi connectivity index (χ2n) is 4.97. The van der Waals surface area contributed by atoms with Gasteiger partial charge in [-0.1, -0.05) is 30.3 Å². The highest BCUT2D eigenvalue weighted by Gasteiger charge is 2.04. The van der Waals surface area contributed by atoms with Gasteiger partial charge in [-0.15, -0.1) is 0 Å². The van der Waals surface area contributed by atoms with E-state index in [1.54, 1.807) is 7.11 Å². The summed E-state index contributed by atoms with van der Waals surface area (Å²) in [5.74, 6) is 1.68. The average molecular weight is 294 g/mol. The van der Waals surface area contributed by atoms with Crippen LogP contribution < -0.4 is 4.74 Å². The van der Waals surface area contributed by atoms with E-state index in [1.165, 1.54) is 0 Å². The van der Waals surface area contributed by atoms with Gasteiger partial charge in [0.15, 0.2) is 0 Å². The summed E-state index contributed by atoms with van der Waals surface area (Å²) in [7, 11) is 1.66. The molecular weight excluding hydrogens is 276 g/mol. The molecule has 0 unspecified atom stereocenters. The molecule has 0 bridgehead atoms. The van der Waals surface area contributed by atoms with Crippen LogP contribution in [0.4, 0.5) is 0 Å². The third kappa shape index (κ3) is 3.54. The third-order valence-electron chi connectivity index (χ3n) is 3.30. The number of imidazole rings is 1. The van der Waals surface area contributed by atoms with Gasteiger partial charge in [-0.25, -0.2) is 4.98 Å². The number of ether oxygens (including phenoxy) is 2. The minimum atomic E-state index is 0.509. The maximum absolute atomic E-state index is 5.78. The van der Waals surface area contributed by atoms with Crippen molar-refractivity contribution in [3.8, 4) is 17.1 Å². The first-order valence-corrected chi connectivity index (χ1v) is 7.15. The van der Waals surface area contributed by atoms with Crippen LogP contribution in [0.15, 0.2) is 60.8 Å². The van der Waals surface area contributed by atoms with E-state index in [1.807, 2.05) is 48.7 Å². The largest absolute Gasteiger partial charge is 0.489 e. The summed E-state index contributed by atoms with van der Waals surface area (Å²) in [6.07, 6.45) is 1.86. The van der Waals surface area contributed by atoms with Gasteiger partial charge in [0.1, 0.15) is 18.2 Å². The summed E-state index contributed by atoms with van der Waals surface area (Å²) in [6, 6.07) is 18.0. The van der Waals surface area contributed by atoms with Gasteiger partial charge in [0.05, 0.1) is 12.3 Å². The Morgan fingerprint density at radius 2 is 1.73 bits per heavy atom. The number of hydrogen-bond acceptors (Lipinski definition) is 3. The lowest BCUT2D eigenvalue weighted by molar-refractivity contribution is 0.182. The second-order valence-corrected chi connectivity index (χ2v) is 4.97. The van der Waals surface area contributed by atoms with Crippen LogP contribution in [0.2, 0.25) is 0 Å². The molecule has 0 aliphatic carbocycles. The van der Waals surface area contributed by atoms with Crippen LogP contribution in [0.25, 0.3) is 11.4 Å². The predicted octanol–water partition coefficient (Wildman–Crippen LogP) is 3.80. The van der Waals surface area contributed by atoms with E-state index in [-0.39, 0.29) is 0 Å². The number of nitrogens with zero attached hydrogens (tertiary/aromatic N) is 1. The van der Waals surface area contributed by atoms with Crippen LogP contribution in [0, 0.1) is 0 Å². The van der Waals surface area contributed by atoms with Gasteiger partial charge in [0, 0.05) is 18.9 Å². The summed E-state index contributed by atoms with van der Waals surface area (Å²) in [4.78, 5) is 7.62. The van der Waals surface area contributed by atoms with Gasteiger partial charge < -0.3 is 14.5 Å². The van der Waals surface area contributed by atoms with E-state index in [4.69, 9.17) is 9.47 Å². The molecule has 4 heteroatoms. The highest BCUT2D eigenvalue weighted by molar-refractivity contribution is 5.56. The van der Waals surface area contributed by atoms with E-state index < -0.39 is 0 Å². The van der Waals surface area contributed by atoms with Gasteiger partial charge in [-0.3, -0.25) is 0 Å². The molecule has 4 nitrogen and oxygen atoms in total. The molecule has 0 spiro atoms. The number of benzene rings is 2. The van der Waals surface area contributed by atoms with Crippen molar-refractivity contribution in [1.29, 1.82) is 0 Å². The Balaban J connectivity index is 1.64. The average Bonchev–Trinajstić information content (AvgIpc) is 3.03. The van der Waals surface area contributed by atoms with Crippen LogP contribution in [-0.2, 0) is 18.0 Å². The lowest BCUT2D eigenvalue weighted by Gasteiger charge is -2.06. The second kappa shape index (κ2) is 6.91. The maximum Gasteiger partial charge on any atom is 0.137 e. The Labute approximate surface area is 129 Å². The van der Waals surface area contributed by atoms with Crippen molar-refractivity contribution in [3.63, 3.8) is 0 Å². The molecule has 0 radical (unpaired) electrons. The van der Waals surface area contributed by atoms with E-state index in [0.29, 0.717) is 13.2 Å². The summed E-state index contributed by atoms with van der Waals surface area (Å²) in [6.45, 7) is 1.08. The molecule has 0 saturated heterocycles. The predicted molar refractivity (Wildman–Crippen MR) is 85.5 cm³/mol. The molecular formula is C18H18N2O2. The van der Waals surface area contributed by atoms with Gasteiger partial charge in [-0.2, -0.15) is 0 Å². The molecule has 0 atom stereocenters. The lowest BCUT2D eigenvalue weighted by Crippen LogP contribution is -1.94. The third-order valence-corrected chi connectivity index (χ3v) is 3.30. The number of nitrogens with one attached hydrogen (secondary N) is 1. The van der Waals surface area contributed by atoms with Crippen molar-refractivity contribution in [2.45, 2.75) is 13.2 Å². The van der Waals surface area contributed by atoms with Gasteiger partial charge in [0.2, 0.25) is 0 Å². The van der Waals surface area contributed by atoms with E-state index in [0.717, 1.165) is 28.4 Å². The molecule has 1 aromatic heterocycles. The number of methoxy groups -OCH3 is 1. The maximum atomic E-state index is 5.78. The molecule has 0 aliphatic heterocycles. The molecule has 1 heterocycles. The van der Waals surface area contributed by atoms with Crippen molar-refractivity contribution in [3.05, 3.63) is 72.1 Å². The van der Waals surface area contributed by atoms with Crippen molar-refractivity contribution >= 4 is 0 Å². The summed E-state index contributed by atoms with van der Waals surface area (Å²) in [5.41, 5.74) is 3.07. The highest BCUT2D eigenvalue weighted by Crippen LogP contribution is 2.20. The molecule has 0 amide bonds. The van der Waals surface area contributed by atoms with Crippen LogP contribution >= 0.6 is 0 Å². The Morgan fingerprint density at radius 1 is 0.955 bits per heavy atom.